The van der Waals surface area contributed by atoms with Gasteiger partial charge in [0.2, 0.25) is 0 Å². The van der Waals surface area contributed by atoms with Gasteiger partial charge in [-0.15, -0.1) is 0 Å². The molecule has 6 nitrogen and oxygen atoms in total. The fourth-order valence-corrected chi connectivity index (χ4v) is 5.18. The number of nitrogens with zero attached hydrogens (tertiary/aromatic N) is 1. The summed E-state index contributed by atoms with van der Waals surface area (Å²) in [5.41, 5.74) is 5.96. The number of hydrogen-bond acceptors (Lipinski definition) is 4. The van der Waals surface area contributed by atoms with Crippen LogP contribution >= 0.6 is 11.6 Å². The third-order valence-corrected chi connectivity index (χ3v) is 8.05. The predicted octanol–water partition coefficient (Wildman–Crippen LogP) is 7.60. The molecule has 222 valence electrons. The Morgan fingerprint density at radius 2 is 1.76 bits per heavy atom. The number of esters is 1. The van der Waals surface area contributed by atoms with Gasteiger partial charge in [-0.2, -0.15) is 0 Å². The molecule has 1 N–H and O–H groups in total. The van der Waals surface area contributed by atoms with E-state index in [0.29, 0.717) is 22.8 Å². The van der Waals surface area contributed by atoms with Crippen molar-refractivity contribution in [3.8, 4) is 5.75 Å². The second-order valence-corrected chi connectivity index (χ2v) is 12.2. The van der Waals surface area contributed by atoms with E-state index in [1.807, 2.05) is 78.1 Å². The van der Waals surface area contributed by atoms with Crippen LogP contribution in [-0.2, 0) is 28.4 Å². The van der Waals surface area contributed by atoms with Crippen molar-refractivity contribution >= 4 is 34.4 Å². The number of amides is 1. The number of aryl methyl sites for hydroxylation is 1. The van der Waals surface area contributed by atoms with Crippen LogP contribution in [0.5, 0.6) is 5.75 Å². The highest BCUT2D eigenvalue weighted by Gasteiger charge is 2.21. The van der Waals surface area contributed by atoms with Gasteiger partial charge < -0.3 is 19.4 Å². The molecule has 4 rings (SSSR count). The van der Waals surface area contributed by atoms with Crippen LogP contribution in [0.4, 0.5) is 4.39 Å². The molecule has 0 fully saturated rings. The summed E-state index contributed by atoms with van der Waals surface area (Å²) >= 11 is 6.34. The molecule has 1 aromatic heterocycles. The van der Waals surface area contributed by atoms with Crippen LogP contribution in [0, 0.1) is 12.7 Å². The molecule has 0 unspecified atom stereocenters. The fourth-order valence-electron chi connectivity index (χ4n) is 5.02. The standard InChI is InChI=1S/C34H38ClFN2O4/c1-19(24-15-25(34(4,5)6)18-26(36)16-24)37-32(39)23-10-11-27-28(20(2)38(7)30(27)17-23)13-22-9-12-29(35)31(14-22)42-21(3)33(40)41-8/h9-12,14-19,21H,13H2,1-8H3,(H,37,39)/t19-,21+/m0/s1. The Bertz CT molecular complexity index is 1650. The summed E-state index contributed by atoms with van der Waals surface area (Å²) in [5.74, 6) is -0.623. The summed E-state index contributed by atoms with van der Waals surface area (Å²) in [6, 6.07) is 15.8. The van der Waals surface area contributed by atoms with Gasteiger partial charge in [0.05, 0.1) is 18.2 Å². The van der Waals surface area contributed by atoms with Gasteiger partial charge in [0.1, 0.15) is 11.6 Å². The molecule has 0 bridgehead atoms. The third-order valence-electron chi connectivity index (χ3n) is 7.73. The number of rotatable bonds is 8. The predicted molar refractivity (Wildman–Crippen MR) is 165 cm³/mol. The summed E-state index contributed by atoms with van der Waals surface area (Å²) in [7, 11) is 3.28. The Morgan fingerprint density at radius 1 is 1.05 bits per heavy atom. The normalized spacial score (nSPS) is 13.1. The average Bonchev–Trinajstić information content (AvgIpc) is 3.17. The zero-order valence-corrected chi connectivity index (χ0v) is 26.2. The van der Waals surface area contributed by atoms with Crippen molar-refractivity contribution < 1.29 is 23.5 Å². The van der Waals surface area contributed by atoms with Gasteiger partial charge in [-0.1, -0.05) is 50.6 Å². The van der Waals surface area contributed by atoms with E-state index in [2.05, 4.69) is 9.88 Å². The molecular formula is C34H38ClFN2O4. The lowest BCUT2D eigenvalue weighted by atomic mass is 9.85. The zero-order chi connectivity index (χ0) is 30.9. The SMILES string of the molecule is COC(=O)[C@@H](C)Oc1cc(Cc2c(C)n(C)c3cc(C(=O)N[C@@H](C)c4cc(F)cc(C(C)(C)C)c4)ccc23)ccc1Cl. The maximum atomic E-state index is 14.4. The van der Waals surface area contributed by atoms with Gasteiger partial charge in [-0.05, 0) is 91.3 Å². The number of aromatic nitrogens is 1. The van der Waals surface area contributed by atoms with E-state index in [4.69, 9.17) is 21.1 Å². The van der Waals surface area contributed by atoms with Crippen molar-refractivity contribution in [3.05, 3.63) is 98.9 Å². The summed E-state index contributed by atoms with van der Waals surface area (Å²) in [4.78, 5) is 25.1. The minimum atomic E-state index is -0.796. The first kappa shape index (κ1) is 31.1. The molecule has 1 heterocycles. The van der Waals surface area contributed by atoms with E-state index in [1.54, 1.807) is 19.1 Å². The largest absolute Gasteiger partial charge is 0.477 e. The van der Waals surface area contributed by atoms with Gasteiger partial charge in [0.25, 0.3) is 5.91 Å². The number of nitrogens with one attached hydrogen (secondary N) is 1. The van der Waals surface area contributed by atoms with E-state index in [-0.39, 0.29) is 23.2 Å². The maximum absolute atomic E-state index is 14.4. The molecule has 0 aliphatic carbocycles. The van der Waals surface area contributed by atoms with Crippen molar-refractivity contribution in [1.29, 1.82) is 0 Å². The Kier molecular flexibility index (Phi) is 9.02. The summed E-state index contributed by atoms with van der Waals surface area (Å²) in [5, 5.41) is 4.46. The number of methoxy groups -OCH3 is 1. The van der Waals surface area contributed by atoms with Gasteiger partial charge in [-0.25, -0.2) is 9.18 Å². The fraction of sp³-hybridized carbons (Fsp3) is 0.353. The average molecular weight is 593 g/mol. The summed E-state index contributed by atoms with van der Waals surface area (Å²) in [6.45, 7) is 11.6. The number of carbonyl (C=O) groups excluding carboxylic acids is 2. The number of benzene rings is 3. The van der Waals surface area contributed by atoms with Crippen LogP contribution in [0.25, 0.3) is 10.9 Å². The smallest absolute Gasteiger partial charge is 0.346 e. The molecule has 0 aliphatic heterocycles. The highest BCUT2D eigenvalue weighted by atomic mass is 35.5. The van der Waals surface area contributed by atoms with Crippen LogP contribution in [0.15, 0.2) is 54.6 Å². The first-order chi connectivity index (χ1) is 19.7. The molecule has 0 saturated carbocycles. The first-order valence-electron chi connectivity index (χ1n) is 13.9. The Balaban J connectivity index is 1.58. The second-order valence-electron chi connectivity index (χ2n) is 11.8. The third kappa shape index (κ3) is 6.62. The van der Waals surface area contributed by atoms with Crippen LogP contribution in [-0.4, -0.2) is 29.7 Å². The number of ether oxygens (including phenoxy) is 2. The van der Waals surface area contributed by atoms with Crippen molar-refractivity contribution in [3.63, 3.8) is 0 Å². The van der Waals surface area contributed by atoms with E-state index >= 15 is 0 Å². The molecule has 0 radical (unpaired) electrons. The molecule has 0 saturated heterocycles. The molecule has 8 heteroatoms. The van der Waals surface area contributed by atoms with Crippen molar-refractivity contribution in [2.75, 3.05) is 7.11 Å². The number of carbonyl (C=O) groups is 2. The Hall–Kier alpha value is -3.84. The Morgan fingerprint density at radius 3 is 2.43 bits per heavy atom. The van der Waals surface area contributed by atoms with Crippen LogP contribution < -0.4 is 10.1 Å². The van der Waals surface area contributed by atoms with E-state index < -0.39 is 12.1 Å². The minimum absolute atomic E-state index is 0.212. The molecule has 1 amide bonds. The highest BCUT2D eigenvalue weighted by molar-refractivity contribution is 6.32. The molecule has 0 aliphatic rings. The lowest BCUT2D eigenvalue weighted by molar-refractivity contribution is -0.147. The first-order valence-corrected chi connectivity index (χ1v) is 14.3. The van der Waals surface area contributed by atoms with Crippen molar-refractivity contribution in [2.24, 2.45) is 7.05 Å². The van der Waals surface area contributed by atoms with E-state index in [0.717, 1.165) is 38.9 Å². The molecule has 4 aromatic rings. The minimum Gasteiger partial charge on any atom is -0.477 e. The lowest BCUT2D eigenvalue weighted by Gasteiger charge is -2.22. The summed E-state index contributed by atoms with van der Waals surface area (Å²) in [6.07, 6.45) is -0.197. The summed E-state index contributed by atoms with van der Waals surface area (Å²) < 4.78 is 27.0. The second kappa shape index (κ2) is 12.2. The molecule has 42 heavy (non-hydrogen) atoms. The maximum Gasteiger partial charge on any atom is 0.346 e. The van der Waals surface area contributed by atoms with Crippen LogP contribution in [0.2, 0.25) is 5.02 Å². The molecule has 3 aromatic carbocycles. The number of hydrogen-bond donors (Lipinski definition) is 1. The van der Waals surface area contributed by atoms with Gasteiger partial charge >= 0.3 is 5.97 Å². The molecular weight excluding hydrogens is 555 g/mol. The molecule has 0 spiro atoms. The lowest BCUT2D eigenvalue weighted by Crippen LogP contribution is -2.27. The molecule has 2 atom stereocenters. The van der Waals surface area contributed by atoms with Gasteiger partial charge in [-0.3, -0.25) is 4.79 Å². The Labute approximate surface area is 251 Å². The highest BCUT2D eigenvalue weighted by Crippen LogP contribution is 2.32. The topological polar surface area (TPSA) is 69.6 Å². The van der Waals surface area contributed by atoms with Crippen molar-refractivity contribution in [1.82, 2.24) is 9.88 Å². The number of halogens is 2. The monoisotopic (exact) mass is 592 g/mol. The number of fused-ring (bicyclic) bond motifs is 1. The van der Waals surface area contributed by atoms with E-state index in [9.17, 15) is 14.0 Å². The zero-order valence-electron chi connectivity index (χ0n) is 25.4. The van der Waals surface area contributed by atoms with Gasteiger partial charge in [0, 0.05) is 29.2 Å². The van der Waals surface area contributed by atoms with E-state index in [1.165, 1.54) is 13.2 Å². The van der Waals surface area contributed by atoms with Gasteiger partial charge in [0.15, 0.2) is 6.10 Å². The quantitative estimate of drug-likeness (QED) is 0.214. The van der Waals surface area contributed by atoms with Crippen molar-refractivity contribution in [2.45, 2.75) is 65.5 Å². The van der Waals surface area contributed by atoms with Crippen LogP contribution in [0.1, 0.15) is 79.0 Å². The van der Waals surface area contributed by atoms with Crippen LogP contribution in [0.3, 0.4) is 0 Å².